The highest BCUT2D eigenvalue weighted by molar-refractivity contribution is 5.95. The number of aromatic nitrogens is 1. The van der Waals surface area contributed by atoms with Gasteiger partial charge in [-0.15, -0.1) is 0 Å². The zero-order chi connectivity index (χ0) is 22.3. The maximum atomic E-state index is 11.1. The maximum absolute atomic E-state index is 11.1. The van der Waals surface area contributed by atoms with Crippen LogP contribution in [0.4, 0.5) is 17.1 Å². The molecule has 0 aliphatic carbocycles. The lowest BCUT2D eigenvalue weighted by atomic mass is 10.1. The molecule has 2 aromatic carbocycles. The average Bonchev–Trinajstić information content (AvgIpc) is 3.32. The zero-order valence-corrected chi connectivity index (χ0v) is 18.1. The Kier molecular flexibility index (Phi) is 6.55. The van der Waals surface area contributed by atoms with Crippen LogP contribution in [0.2, 0.25) is 0 Å². The lowest BCUT2D eigenvalue weighted by Gasteiger charge is -2.18. The normalized spacial score (nSPS) is 12.1. The summed E-state index contributed by atoms with van der Waals surface area (Å²) in [5.41, 5.74) is 5.41. The Bertz CT molecular complexity index is 1220. The van der Waals surface area contributed by atoms with E-state index in [-0.39, 0.29) is 5.97 Å². The van der Waals surface area contributed by atoms with E-state index in [9.17, 15) is 4.79 Å². The van der Waals surface area contributed by atoms with Crippen LogP contribution in [-0.4, -0.2) is 31.7 Å². The first-order valence-electron chi connectivity index (χ1n) is 10.4. The summed E-state index contributed by atoms with van der Waals surface area (Å²) in [6.45, 7) is 0.814. The van der Waals surface area contributed by atoms with Gasteiger partial charge >= 0.3 is 5.97 Å². The maximum Gasteiger partial charge on any atom is 0.340 e. The smallest absolute Gasteiger partial charge is 0.340 e. The third-order valence-electron chi connectivity index (χ3n) is 5.16. The summed E-state index contributed by atoms with van der Waals surface area (Å²) in [6.07, 6.45) is 7.05. The van der Waals surface area contributed by atoms with Gasteiger partial charge in [0.2, 0.25) is 0 Å². The summed E-state index contributed by atoms with van der Waals surface area (Å²) in [4.78, 5) is 15.0. The highest BCUT2D eigenvalue weighted by atomic mass is 16.5. The summed E-state index contributed by atoms with van der Waals surface area (Å²) in [6, 6.07) is 16.0. The minimum atomic E-state index is -0.359. The highest BCUT2D eigenvalue weighted by Crippen LogP contribution is 2.30. The Morgan fingerprint density at radius 2 is 1.94 bits per heavy atom. The second-order valence-corrected chi connectivity index (χ2v) is 7.24. The Balaban J connectivity index is 0.000000176. The second-order valence-electron chi connectivity index (χ2n) is 7.24. The van der Waals surface area contributed by atoms with Crippen molar-refractivity contribution in [2.75, 3.05) is 31.4 Å². The van der Waals surface area contributed by atoms with E-state index >= 15 is 0 Å². The van der Waals surface area contributed by atoms with Gasteiger partial charge in [0, 0.05) is 42.1 Å². The Labute approximate surface area is 186 Å². The predicted molar refractivity (Wildman–Crippen MR) is 125 cm³/mol. The van der Waals surface area contributed by atoms with Gasteiger partial charge in [0.05, 0.1) is 37.4 Å². The van der Waals surface area contributed by atoms with Crippen molar-refractivity contribution in [1.82, 2.24) is 4.98 Å². The predicted octanol–water partition coefficient (Wildman–Crippen LogP) is 5.41. The van der Waals surface area contributed by atoms with Crippen molar-refractivity contribution < 1.29 is 18.7 Å². The molecule has 2 N–H and O–H groups in total. The number of ether oxygens (including phenoxy) is 2. The molecule has 0 radical (unpaired) electrons. The molecule has 0 unspecified atom stereocenters. The van der Waals surface area contributed by atoms with Gasteiger partial charge in [0.15, 0.2) is 0 Å². The van der Waals surface area contributed by atoms with Crippen LogP contribution in [0, 0.1) is 0 Å². The lowest BCUT2D eigenvalue weighted by molar-refractivity contribution is 0.0601. The van der Waals surface area contributed by atoms with Crippen molar-refractivity contribution in [2.45, 2.75) is 12.8 Å². The van der Waals surface area contributed by atoms with Gasteiger partial charge in [-0.3, -0.25) is 4.98 Å². The number of fused-ring (bicyclic) bond motifs is 2. The van der Waals surface area contributed by atoms with E-state index < -0.39 is 0 Å². The standard InChI is InChI=1S/C17H15NO2.C8H10N2O2/c1-2-12-3-5-14(10-16(12)19-8-1)18-15-6-4-13-7-9-20-17(13)11-15;1-9-7-5-10-4-3-6(7)8(11)12-2/h3-7,9-11,18H,1-2,8H2;3-5,9H,1-2H3. The van der Waals surface area contributed by atoms with Crippen LogP contribution in [-0.2, 0) is 11.2 Å². The molecular weight excluding hydrogens is 406 g/mol. The molecule has 32 heavy (non-hydrogen) atoms. The fourth-order valence-corrected chi connectivity index (χ4v) is 3.50. The molecule has 1 aliphatic heterocycles. The molecule has 0 saturated heterocycles. The molecule has 0 spiro atoms. The van der Waals surface area contributed by atoms with E-state index in [2.05, 4.69) is 50.7 Å². The zero-order valence-electron chi connectivity index (χ0n) is 18.1. The molecule has 164 valence electrons. The fourth-order valence-electron chi connectivity index (χ4n) is 3.50. The quantitative estimate of drug-likeness (QED) is 0.418. The molecule has 1 aliphatic rings. The van der Waals surface area contributed by atoms with Crippen molar-refractivity contribution in [3.8, 4) is 5.75 Å². The Morgan fingerprint density at radius 1 is 1.09 bits per heavy atom. The average molecular weight is 431 g/mol. The summed E-state index contributed by atoms with van der Waals surface area (Å²) in [5.74, 6) is 0.641. The number of benzene rings is 2. The number of carbonyl (C=O) groups is 1. The second kappa shape index (κ2) is 9.87. The summed E-state index contributed by atoms with van der Waals surface area (Å²) < 4.78 is 15.7. The fraction of sp³-hybridized carbons (Fsp3) is 0.200. The molecule has 0 atom stereocenters. The van der Waals surface area contributed by atoms with E-state index in [1.807, 2.05) is 12.1 Å². The van der Waals surface area contributed by atoms with Crippen LogP contribution >= 0.6 is 0 Å². The third-order valence-corrected chi connectivity index (χ3v) is 5.16. The molecule has 0 saturated carbocycles. The minimum Gasteiger partial charge on any atom is -0.493 e. The van der Waals surface area contributed by atoms with Gasteiger partial charge in [0.1, 0.15) is 11.3 Å². The van der Waals surface area contributed by atoms with Gasteiger partial charge in [-0.05, 0) is 48.7 Å². The number of nitrogens with one attached hydrogen (secondary N) is 2. The van der Waals surface area contributed by atoms with E-state index in [1.54, 1.807) is 31.8 Å². The summed E-state index contributed by atoms with van der Waals surface area (Å²) >= 11 is 0. The van der Waals surface area contributed by atoms with Crippen molar-refractivity contribution in [3.05, 3.63) is 78.3 Å². The summed E-state index contributed by atoms with van der Waals surface area (Å²) in [5, 5.41) is 7.36. The number of anilines is 3. The Morgan fingerprint density at radius 3 is 2.78 bits per heavy atom. The van der Waals surface area contributed by atoms with Crippen molar-refractivity contribution in [3.63, 3.8) is 0 Å². The van der Waals surface area contributed by atoms with Crippen LogP contribution in [0.15, 0.2) is 71.6 Å². The monoisotopic (exact) mass is 431 g/mol. The number of methoxy groups -OCH3 is 1. The molecule has 5 rings (SSSR count). The number of furan rings is 1. The number of hydrogen-bond donors (Lipinski definition) is 2. The van der Waals surface area contributed by atoms with Gasteiger partial charge < -0.3 is 24.5 Å². The van der Waals surface area contributed by atoms with E-state index in [4.69, 9.17) is 9.15 Å². The van der Waals surface area contributed by atoms with Gasteiger partial charge in [-0.25, -0.2) is 4.79 Å². The van der Waals surface area contributed by atoms with Gasteiger partial charge in [-0.1, -0.05) is 6.07 Å². The molecule has 2 aromatic heterocycles. The molecule has 7 heteroatoms. The molecule has 0 amide bonds. The van der Waals surface area contributed by atoms with Crippen LogP contribution < -0.4 is 15.4 Å². The SMILES string of the molecule is CNc1cnccc1C(=O)OC.c1cc2ccc(Nc3ccc4c(c3)OCCC4)cc2o1. The highest BCUT2D eigenvalue weighted by Gasteiger charge is 2.11. The molecule has 4 aromatic rings. The third kappa shape index (κ3) is 4.83. The van der Waals surface area contributed by atoms with Crippen LogP contribution in [0.5, 0.6) is 5.75 Å². The van der Waals surface area contributed by atoms with E-state index in [0.29, 0.717) is 11.3 Å². The van der Waals surface area contributed by atoms with Crippen LogP contribution in [0.25, 0.3) is 11.0 Å². The van der Waals surface area contributed by atoms with Crippen LogP contribution in [0.3, 0.4) is 0 Å². The number of esters is 1. The number of hydrogen-bond acceptors (Lipinski definition) is 7. The van der Waals surface area contributed by atoms with Gasteiger partial charge in [-0.2, -0.15) is 0 Å². The van der Waals surface area contributed by atoms with Crippen molar-refractivity contribution in [1.29, 1.82) is 0 Å². The topological polar surface area (TPSA) is 85.6 Å². The van der Waals surface area contributed by atoms with Crippen molar-refractivity contribution in [2.24, 2.45) is 0 Å². The number of aryl methyl sites for hydroxylation is 1. The van der Waals surface area contributed by atoms with Crippen molar-refractivity contribution >= 4 is 34.0 Å². The number of pyridine rings is 1. The van der Waals surface area contributed by atoms with E-state index in [1.165, 1.54) is 12.7 Å². The molecule has 0 bridgehead atoms. The number of carbonyl (C=O) groups excluding carboxylic acids is 1. The molecule has 3 heterocycles. The van der Waals surface area contributed by atoms with E-state index in [0.717, 1.165) is 47.5 Å². The molecule has 0 fully saturated rings. The molecule has 7 nitrogen and oxygen atoms in total. The van der Waals surface area contributed by atoms with Crippen LogP contribution in [0.1, 0.15) is 22.3 Å². The first-order chi connectivity index (χ1) is 15.7. The molecular formula is C25H25N3O4. The lowest BCUT2D eigenvalue weighted by Crippen LogP contribution is -2.08. The first-order valence-corrected chi connectivity index (χ1v) is 10.4. The van der Waals surface area contributed by atoms with Gasteiger partial charge in [0.25, 0.3) is 0 Å². The summed E-state index contributed by atoms with van der Waals surface area (Å²) in [7, 11) is 3.08. The Hall–Kier alpha value is -4.00. The largest absolute Gasteiger partial charge is 0.493 e. The number of nitrogens with zero attached hydrogens (tertiary/aromatic N) is 1. The minimum absolute atomic E-state index is 0.359. The number of rotatable bonds is 4. The first kappa shape index (κ1) is 21.2.